The van der Waals surface area contributed by atoms with Crippen LogP contribution in [0.15, 0.2) is 53.4 Å². The van der Waals surface area contributed by atoms with Gasteiger partial charge in [-0.15, -0.1) is 0 Å². The maximum absolute atomic E-state index is 13.1. The number of anilines is 1. The summed E-state index contributed by atoms with van der Waals surface area (Å²) in [6, 6.07) is 12.1. The number of hydrogen-bond acceptors (Lipinski definition) is 5. The van der Waals surface area contributed by atoms with Crippen molar-refractivity contribution in [1.82, 2.24) is 9.79 Å². The van der Waals surface area contributed by atoms with Gasteiger partial charge in [-0.2, -0.15) is 0 Å². The molecule has 1 aliphatic heterocycles. The third kappa shape index (κ3) is 4.92. The molecule has 1 N–H and O–H groups in total. The van der Waals surface area contributed by atoms with Gasteiger partial charge < -0.3 is 10.2 Å². The summed E-state index contributed by atoms with van der Waals surface area (Å²) in [6.45, 7) is 2.15. The number of benzene rings is 2. The summed E-state index contributed by atoms with van der Waals surface area (Å²) < 4.78 is 38.2. The number of nitrogens with one attached hydrogen (secondary N) is 1. The lowest BCUT2D eigenvalue weighted by atomic mass is 10.1. The van der Waals surface area contributed by atoms with Gasteiger partial charge in [-0.25, -0.2) is 12.8 Å². The van der Waals surface area contributed by atoms with Crippen molar-refractivity contribution in [2.75, 3.05) is 38.7 Å². The minimum Gasteiger partial charge on any atom is -0.371 e. The van der Waals surface area contributed by atoms with Gasteiger partial charge in [0.15, 0.2) is 0 Å². The lowest BCUT2D eigenvalue weighted by Crippen LogP contribution is -2.31. The fourth-order valence-corrected chi connectivity index (χ4v) is 4.22. The van der Waals surface area contributed by atoms with Gasteiger partial charge in [-0.05, 0) is 60.9 Å². The normalized spacial score (nSPS) is 17.0. The van der Waals surface area contributed by atoms with Gasteiger partial charge in [-0.1, -0.05) is 4.47 Å². The summed E-state index contributed by atoms with van der Waals surface area (Å²) in [4.78, 5) is 19.3. The van der Waals surface area contributed by atoms with E-state index in [9.17, 15) is 17.6 Å². The second-order valence-electron chi connectivity index (χ2n) is 6.91. The molecule has 1 atom stereocenters. The summed E-state index contributed by atoms with van der Waals surface area (Å²) in [5.41, 5.74) is 1.36. The van der Waals surface area contributed by atoms with Gasteiger partial charge in [0.1, 0.15) is 5.82 Å². The third-order valence-corrected chi connectivity index (χ3v) is 6.73. The number of halogens is 1. The maximum atomic E-state index is 13.1. The minimum atomic E-state index is -3.74. The van der Waals surface area contributed by atoms with E-state index in [2.05, 4.69) is 10.2 Å². The lowest BCUT2D eigenvalue weighted by Gasteiger charge is -2.19. The summed E-state index contributed by atoms with van der Waals surface area (Å²) >= 11 is 0. The summed E-state index contributed by atoms with van der Waals surface area (Å²) in [5, 5.41) is 2.90. The molecule has 29 heavy (non-hydrogen) atoms. The number of rotatable bonds is 7. The molecule has 0 aliphatic carbocycles. The van der Waals surface area contributed by atoms with E-state index in [-0.39, 0.29) is 16.6 Å². The Kier molecular flexibility index (Phi) is 6.51. The summed E-state index contributed by atoms with van der Waals surface area (Å²) in [5.74, 6) is -0.224. The van der Waals surface area contributed by atoms with Crippen LogP contribution in [0.5, 0.6) is 0 Å². The fraction of sp³-hybridized carbons (Fsp3) is 0.350. The molecule has 1 unspecified atom stereocenters. The number of sulfonamides is 1. The molecule has 2 aromatic rings. The maximum Gasteiger partial charge on any atom is 0.264 e. The highest BCUT2D eigenvalue weighted by Crippen LogP contribution is 2.23. The second-order valence-corrected chi connectivity index (χ2v) is 8.84. The van der Waals surface area contributed by atoms with Crippen molar-refractivity contribution in [3.05, 3.63) is 59.9 Å². The van der Waals surface area contributed by atoms with Crippen LogP contribution in [0.3, 0.4) is 0 Å². The molecule has 156 valence electrons. The quantitative estimate of drug-likeness (QED) is 0.694. The van der Waals surface area contributed by atoms with Crippen molar-refractivity contribution >= 4 is 21.6 Å². The van der Waals surface area contributed by atoms with Crippen LogP contribution in [0.2, 0.25) is 0 Å². The number of carbonyl (C=O) groups excluding carboxylic acids is 1. The van der Waals surface area contributed by atoms with E-state index in [1.54, 1.807) is 12.1 Å². The predicted octanol–water partition coefficient (Wildman–Crippen LogP) is 2.26. The van der Waals surface area contributed by atoms with Crippen molar-refractivity contribution in [3.63, 3.8) is 0 Å². The van der Waals surface area contributed by atoms with E-state index in [0.717, 1.165) is 29.7 Å². The van der Waals surface area contributed by atoms with Crippen molar-refractivity contribution in [2.45, 2.75) is 11.3 Å². The van der Waals surface area contributed by atoms with E-state index in [1.807, 2.05) is 0 Å². The highest BCUT2D eigenvalue weighted by Gasteiger charge is 2.24. The third-order valence-electron chi connectivity index (χ3n) is 5.04. The molecule has 3 rings (SSSR count). The van der Waals surface area contributed by atoms with Crippen LogP contribution in [0.4, 0.5) is 10.1 Å². The molecule has 1 amide bonds. The molecule has 0 radical (unpaired) electrons. The van der Waals surface area contributed by atoms with Crippen molar-refractivity contribution in [1.29, 1.82) is 0 Å². The van der Waals surface area contributed by atoms with Gasteiger partial charge in [0, 0.05) is 37.9 Å². The second kappa shape index (κ2) is 8.89. The van der Waals surface area contributed by atoms with Crippen LogP contribution in [0.1, 0.15) is 16.8 Å². The van der Waals surface area contributed by atoms with E-state index in [4.69, 9.17) is 4.84 Å². The Morgan fingerprint density at radius 3 is 2.48 bits per heavy atom. The molecular formula is C20H24FN3O4S. The number of hydroxylamine groups is 1. The van der Waals surface area contributed by atoms with Crippen LogP contribution in [0, 0.1) is 11.7 Å². The molecule has 0 spiro atoms. The van der Waals surface area contributed by atoms with Gasteiger partial charge >= 0.3 is 0 Å². The molecule has 0 bridgehead atoms. The molecule has 2 aromatic carbocycles. The zero-order valence-electron chi connectivity index (χ0n) is 16.3. The molecule has 0 aromatic heterocycles. The molecule has 1 heterocycles. The largest absolute Gasteiger partial charge is 0.371 e. The first kappa shape index (κ1) is 21.2. The molecule has 1 aliphatic rings. The minimum absolute atomic E-state index is 0.0455. The van der Waals surface area contributed by atoms with Crippen LogP contribution >= 0.6 is 0 Å². The molecule has 7 nitrogen and oxygen atoms in total. The first-order valence-corrected chi connectivity index (χ1v) is 10.7. The van der Waals surface area contributed by atoms with E-state index >= 15 is 0 Å². The van der Waals surface area contributed by atoms with Crippen molar-refractivity contribution < 1.29 is 22.4 Å². The number of carbonyl (C=O) groups is 1. The van der Waals surface area contributed by atoms with Crippen molar-refractivity contribution in [2.24, 2.45) is 5.92 Å². The Morgan fingerprint density at radius 2 is 1.86 bits per heavy atom. The molecule has 9 heteroatoms. The lowest BCUT2D eigenvalue weighted by molar-refractivity contribution is -0.0258. The van der Waals surface area contributed by atoms with E-state index in [1.165, 1.54) is 50.6 Å². The fourth-order valence-electron chi connectivity index (χ4n) is 3.25. The Hall–Kier alpha value is -2.49. The Morgan fingerprint density at radius 1 is 1.21 bits per heavy atom. The molecule has 1 saturated heterocycles. The number of nitrogens with zero attached hydrogens (tertiary/aromatic N) is 2. The molecule has 0 saturated carbocycles. The first-order chi connectivity index (χ1) is 13.8. The standard InChI is InChI=1S/C20H24FN3O4S/c1-23(28-2)29(26,27)19-9-3-16(4-10-19)20(25)22-13-15-11-12-24(14-15)18-7-5-17(21)6-8-18/h3-10,15H,11-14H2,1-2H3,(H,22,25). The topological polar surface area (TPSA) is 78.9 Å². The van der Waals surface area contributed by atoms with Gasteiger partial charge in [-0.3, -0.25) is 9.63 Å². The smallest absolute Gasteiger partial charge is 0.264 e. The Balaban J connectivity index is 1.54. The van der Waals surface area contributed by atoms with E-state index < -0.39 is 10.0 Å². The highest BCUT2D eigenvalue weighted by atomic mass is 32.2. The summed E-state index contributed by atoms with van der Waals surface area (Å²) in [7, 11) is -1.18. The molecule has 1 fully saturated rings. The van der Waals surface area contributed by atoms with Crippen LogP contribution in [0.25, 0.3) is 0 Å². The zero-order valence-corrected chi connectivity index (χ0v) is 17.2. The zero-order chi connectivity index (χ0) is 21.0. The summed E-state index contributed by atoms with van der Waals surface area (Å²) in [6.07, 6.45) is 0.929. The van der Waals surface area contributed by atoms with Gasteiger partial charge in [0.05, 0.1) is 12.0 Å². The number of amides is 1. The first-order valence-electron chi connectivity index (χ1n) is 9.23. The number of hydrogen-bond donors (Lipinski definition) is 1. The Bertz CT molecular complexity index is 949. The van der Waals surface area contributed by atoms with Gasteiger partial charge in [0.25, 0.3) is 15.9 Å². The monoisotopic (exact) mass is 421 g/mol. The average molecular weight is 421 g/mol. The van der Waals surface area contributed by atoms with Crippen LogP contribution in [-0.2, 0) is 14.9 Å². The highest BCUT2D eigenvalue weighted by molar-refractivity contribution is 7.89. The van der Waals surface area contributed by atoms with Crippen molar-refractivity contribution in [3.8, 4) is 0 Å². The van der Waals surface area contributed by atoms with Crippen LogP contribution in [-0.4, -0.2) is 52.6 Å². The van der Waals surface area contributed by atoms with E-state index in [0.29, 0.717) is 18.0 Å². The Labute approximate surface area is 170 Å². The van der Waals surface area contributed by atoms with Crippen LogP contribution < -0.4 is 10.2 Å². The SMILES string of the molecule is CON(C)S(=O)(=O)c1ccc(C(=O)NCC2CCN(c3ccc(F)cc3)C2)cc1. The predicted molar refractivity (Wildman–Crippen MR) is 107 cm³/mol. The van der Waals surface area contributed by atoms with Gasteiger partial charge in [0.2, 0.25) is 0 Å². The molecular weight excluding hydrogens is 397 g/mol. The average Bonchev–Trinajstić information content (AvgIpc) is 3.21.